The predicted octanol–water partition coefficient (Wildman–Crippen LogP) is 1.23. The summed E-state index contributed by atoms with van der Waals surface area (Å²) in [5.41, 5.74) is 1.24. The minimum Gasteiger partial charge on any atom is -0.480 e. The Labute approximate surface area is 139 Å². The molecule has 3 N–H and O–H groups in total. The zero-order valence-electron chi connectivity index (χ0n) is 12.9. The monoisotopic (exact) mass is 326 g/mol. The quantitative estimate of drug-likeness (QED) is 0.713. The average molecular weight is 326 g/mol. The van der Waals surface area contributed by atoms with Crippen LogP contribution >= 0.6 is 0 Å². The second-order valence-electron chi connectivity index (χ2n) is 5.20. The molecule has 24 heavy (non-hydrogen) atoms. The number of amides is 2. The lowest BCUT2D eigenvalue weighted by Gasteiger charge is -2.15. The summed E-state index contributed by atoms with van der Waals surface area (Å²) in [5, 5.41) is 14.1. The number of rotatable bonds is 7. The maximum Gasteiger partial charge on any atom is 0.326 e. The molecule has 0 saturated heterocycles. The molecular weight excluding hydrogens is 308 g/mol. The smallest absolute Gasteiger partial charge is 0.326 e. The van der Waals surface area contributed by atoms with Crippen LogP contribution < -0.4 is 10.6 Å². The predicted molar refractivity (Wildman–Crippen MR) is 88.5 cm³/mol. The van der Waals surface area contributed by atoms with Gasteiger partial charge in [-0.25, -0.2) is 4.79 Å². The van der Waals surface area contributed by atoms with E-state index in [4.69, 9.17) is 0 Å². The lowest BCUT2D eigenvalue weighted by Crippen LogP contribution is -2.46. The van der Waals surface area contributed by atoms with E-state index in [1.807, 2.05) is 6.07 Å². The molecule has 0 saturated carbocycles. The first-order valence-corrected chi connectivity index (χ1v) is 7.45. The number of nitrogens with one attached hydrogen (secondary N) is 2. The first kappa shape index (κ1) is 17.2. The van der Waals surface area contributed by atoms with Gasteiger partial charge in [-0.05, 0) is 17.7 Å². The van der Waals surface area contributed by atoms with Crippen molar-refractivity contribution in [1.82, 2.24) is 10.6 Å². The van der Waals surface area contributed by atoms with Gasteiger partial charge in [-0.15, -0.1) is 0 Å². The zero-order valence-corrected chi connectivity index (χ0v) is 12.9. The Morgan fingerprint density at radius 1 is 0.917 bits per heavy atom. The molecule has 0 aliphatic heterocycles. The highest BCUT2D eigenvalue weighted by molar-refractivity contribution is 5.96. The van der Waals surface area contributed by atoms with Crippen LogP contribution in [0.4, 0.5) is 0 Å². The summed E-state index contributed by atoms with van der Waals surface area (Å²) < 4.78 is 0. The van der Waals surface area contributed by atoms with Crippen LogP contribution in [0, 0.1) is 0 Å². The SMILES string of the molecule is O=C(CNC(=O)c1ccccc1)NC(Cc1ccccc1)C(=O)O. The van der Waals surface area contributed by atoms with Crippen LogP contribution in [-0.4, -0.2) is 35.5 Å². The Kier molecular flexibility index (Phi) is 6.08. The van der Waals surface area contributed by atoms with E-state index < -0.39 is 17.9 Å². The van der Waals surface area contributed by atoms with Gasteiger partial charge in [0, 0.05) is 12.0 Å². The van der Waals surface area contributed by atoms with E-state index in [1.165, 1.54) is 0 Å². The van der Waals surface area contributed by atoms with Crippen LogP contribution in [0.2, 0.25) is 0 Å². The van der Waals surface area contributed by atoms with Crippen LogP contribution in [0.15, 0.2) is 60.7 Å². The molecule has 0 aliphatic rings. The maximum absolute atomic E-state index is 11.9. The fourth-order valence-electron chi connectivity index (χ4n) is 2.15. The molecule has 0 aliphatic carbocycles. The molecule has 0 aromatic heterocycles. The molecule has 6 heteroatoms. The number of carboxylic acid groups (broad SMARTS) is 1. The molecule has 2 aromatic rings. The highest BCUT2D eigenvalue weighted by Gasteiger charge is 2.20. The Bertz CT molecular complexity index is 701. The third-order valence-electron chi connectivity index (χ3n) is 3.36. The van der Waals surface area contributed by atoms with Gasteiger partial charge in [-0.1, -0.05) is 48.5 Å². The Balaban J connectivity index is 1.87. The first-order chi connectivity index (χ1) is 11.6. The van der Waals surface area contributed by atoms with E-state index >= 15 is 0 Å². The highest BCUT2D eigenvalue weighted by atomic mass is 16.4. The summed E-state index contributed by atoms with van der Waals surface area (Å²) in [7, 11) is 0. The number of hydrogen-bond acceptors (Lipinski definition) is 3. The minimum absolute atomic E-state index is 0.175. The third-order valence-corrected chi connectivity index (χ3v) is 3.36. The second-order valence-corrected chi connectivity index (χ2v) is 5.20. The largest absolute Gasteiger partial charge is 0.480 e. The molecule has 0 radical (unpaired) electrons. The lowest BCUT2D eigenvalue weighted by atomic mass is 10.1. The van der Waals surface area contributed by atoms with E-state index in [-0.39, 0.29) is 18.9 Å². The molecule has 0 spiro atoms. The van der Waals surface area contributed by atoms with Crippen molar-refractivity contribution >= 4 is 17.8 Å². The van der Waals surface area contributed by atoms with Crippen LogP contribution in [0.3, 0.4) is 0 Å². The van der Waals surface area contributed by atoms with E-state index in [0.29, 0.717) is 5.56 Å². The molecule has 1 atom stereocenters. The zero-order chi connectivity index (χ0) is 17.4. The number of carbonyl (C=O) groups is 3. The standard InChI is InChI=1S/C18H18N2O4/c21-16(12-19-17(22)14-9-5-2-6-10-14)20-15(18(23)24)11-13-7-3-1-4-8-13/h1-10,15H,11-12H2,(H,19,22)(H,20,21)(H,23,24). The molecular formula is C18H18N2O4. The third kappa shape index (κ3) is 5.24. The molecule has 2 rings (SSSR count). The summed E-state index contributed by atoms with van der Waals surface area (Å²) in [6, 6.07) is 16.4. The Morgan fingerprint density at radius 2 is 1.50 bits per heavy atom. The van der Waals surface area contributed by atoms with Gasteiger partial charge in [0.05, 0.1) is 6.54 Å². The number of hydrogen-bond donors (Lipinski definition) is 3. The summed E-state index contributed by atoms with van der Waals surface area (Å²) in [6.45, 7) is -0.285. The van der Waals surface area contributed by atoms with Crippen LogP contribution in [0.1, 0.15) is 15.9 Å². The summed E-state index contributed by atoms with van der Waals surface area (Å²) in [5.74, 6) is -2.06. The molecule has 0 heterocycles. The first-order valence-electron chi connectivity index (χ1n) is 7.45. The van der Waals surface area contributed by atoms with Crippen molar-refractivity contribution in [2.24, 2.45) is 0 Å². The van der Waals surface area contributed by atoms with Gasteiger partial charge in [-0.3, -0.25) is 9.59 Å². The van der Waals surface area contributed by atoms with Crippen LogP contribution in [-0.2, 0) is 16.0 Å². The van der Waals surface area contributed by atoms with Crippen molar-refractivity contribution in [3.8, 4) is 0 Å². The number of benzene rings is 2. The van der Waals surface area contributed by atoms with Crippen LogP contribution in [0.5, 0.6) is 0 Å². The fourth-order valence-corrected chi connectivity index (χ4v) is 2.15. The summed E-state index contributed by atoms with van der Waals surface area (Å²) >= 11 is 0. The normalized spacial score (nSPS) is 11.3. The van der Waals surface area contributed by atoms with Gasteiger partial charge in [0.15, 0.2) is 0 Å². The topological polar surface area (TPSA) is 95.5 Å². The molecule has 124 valence electrons. The fraction of sp³-hybridized carbons (Fsp3) is 0.167. The van der Waals surface area contributed by atoms with E-state index in [0.717, 1.165) is 5.56 Å². The van der Waals surface area contributed by atoms with E-state index in [9.17, 15) is 19.5 Å². The molecule has 6 nitrogen and oxygen atoms in total. The Morgan fingerprint density at radius 3 is 2.08 bits per heavy atom. The van der Waals surface area contributed by atoms with Gasteiger partial charge in [0.2, 0.25) is 5.91 Å². The average Bonchev–Trinajstić information content (AvgIpc) is 2.60. The lowest BCUT2D eigenvalue weighted by molar-refractivity contribution is -0.141. The van der Waals surface area contributed by atoms with Crippen molar-refractivity contribution in [3.63, 3.8) is 0 Å². The van der Waals surface area contributed by atoms with Crippen molar-refractivity contribution < 1.29 is 19.5 Å². The number of carboxylic acids is 1. The number of aliphatic carboxylic acids is 1. The van der Waals surface area contributed by atoms with Crippen LogP contribution in [0.25, 0.3) is 0 Å². The maximum atomic E-state index is 11.9. The molecule has 2 aromatic carbocycles. The highest BCUT2D eigenvalue weighted by Crippen LogP contribution is 2.03. The van der Waals surface area contributed by atoms with Gasteiger partial charge in [0.1, 0.15) is 6.04 Å². The van der Waals surface area contributed by atoms with Crippen molar-refractivity contribution in [2.75, 3.05) is 6.54 Å². The van der Waals surface area contributed by atoms with Gasteiger partial charge in [-0.2, -0.15) is 0 Å². The molecule has 1 unspecified atom stereocenters. The summed E-state index contributed by atoms with van der Waals surface area (Å²) in [4.78, 5) is 35.0. The minimum atomic E-state index is -1.12. The van der Waals surface area contributed by atoms with E-state index in [1.54, 1.807) is 54.6 Å². The molecule has 0 fully saturated rings. The van der Waals surface area contributed by atoms with Crippen molar-refractivity contribution in [1.29, 1.82) is 0 Å². The van der Waals surface area contributed by atoms with Crippen molar-refractivity contribution in [3.05, 3.63) is 71.8 Å². The number of carbonyl (C=O) groups excluding carboxylic acids is 2. The molecule has 0 bridgehead atoms. The van der Waals surface area contributed by atoms with Gasteiger partial charge < -0.3 is 15.7 Å². The van der Waals surface area contributed by atoms with Crippen molar-refractivity contribution in [2.45, 2.75) is 12.5 Å². The Hall–Kier alpha value is -3.15. The van der Waals surface area contributed by atoms with Gasteiger partial charge in [0.25, 0.3) is 5.91 Å². The second kappa shape index (κ2) is 8.47. The van der Waals surface area contributed by atoms with E-state index in [2.05, 4.69) is 10.6 Å². The summed E-state index contributed by atoms with van der Waals surface area (Å²) in [6.07, 6.45) is 0.175. The van der Waals surface area contributed by atoms with Gasteiger partial charge >= 0.3 is 5.97 Å². The molecule has 2 amide bonds.